The SMILES string of the molecule is CN=C(NCCC1=CCCCC1)N1CCC2(CCOC2)C1. The summed E-state index contributed by atoms with van der Waals surface area (Å²) in [7, 11) is 1.90. The van der Waals surface area contributed by atoms with Crippen LogP contribution < -0.4 is 5.32 Å². The fraction of sp³-hybridized carbons (Fsp3) is 0.824. The van der Waals surface area contributed by atoms with Crippen LogP contribution in [-0.4, -0.2) is 50.8 Å². The molecule has 0 amide bonds. The fourth-order valence-corrected chi connectivity index (χ4v) is 3.89. The second-order valence-electron chi connectivity index (χ2n) is 6.81. The zero-order valence-electron chi connectivity index (χ0n) is 13.4. The molecule has 1 unspecified atom stereocenters. The van der Waals surface area contributed by atoms with E-state index in [-0.39, 0.29) is 0 Å². The van der Waals surface area contributed by atoms with Gasteiger partial charge in [-0.2, -0.15) is 0 Å². The lowest BCUT2D eigenvalue weighted by Crippen LogP contribution is -2.41. The van der Waals surface area contributed by atoms with Gasteiger partial charge in [0.05, 0.1) is 6.61 Å². The average molecular weight is 291 g/mol. The Kier molecular flexibility index (Phi) is 4.84. The maximum absolute atomic E-state index is 5.61. The monoisotopic (exact) mass is 291 g/mol. The van der Waals surface area contributed by atoms with Crippen molar-refractivity contribution in [3.63, 3.8) is 0 Å². The third-order valence-corrected chi connectivity index (χ3v) is 5.25. The number of hydrogen-bond acceptors (Lipinski definition) is 2. The molecule has 118 valence electrons. The minimum absolute atomic E-state index is 0.406. The molecule has 1 atom stereocenters. The van der Waals surface area contributed by atoms with Crippen LogP contribution in [0.3, 0.4) is 0 Å². The van der Waals surface area contributed by atoms with Crippen LogP contribution in [-0.2, 0) is 4.74 Å². The fourth-order valence-electron chi connectivity index (χ4n) is 3.89. The average Bonchev–Trinajstić information content (AvgIpc) is 3.15. The molecule has 2 heterocycles. The van der Waals surface area contributed by atoms with Crippen molar-refractivity contribution in [2.45, 2.75) is 44.9 Å². The normalized spacial score (nSPS) is 30.0. The number of nitrogens with zero attached hydrogens (tertiary/aromatic N) is 2. The summed E-state index contributed by atoms with van der Waals surface area (Å²) in [6.07, 6.45) is 11.4. The van der Waals surface area contributed by atoms with Gasteiger partial charge in [-0.15, -0.1) is 0 Å². The lowest BCUT2D eigenvalue weighted by molar-refractivity contribution is 0.156. The van der Waals surface area contributed by atoms with Crippen molar-refractivity contribution in [1.29, 1.82) is 0 Å². The topological polar surface area (TPSA) is 36.9 Å². The first-order valence-corrected chi connectivity index (χ1v) is 8.53. The van der Waals surface area contributed by atoms with Gasteiger partial charge in [-0.1, -0.05) is 11.6 Å². The standard InChI is InChI=1S/C17H29N3O/c1-18-16(19-10-7-15-5-3-2-4-6-15)20-11-8-17(13-20)9-12-21-14-17/h5H,2-4,6-14H2,1H3,(H,18,19). The molecule has 2 fully saturated rings. The molecule has 3 aliphatic rings. The molecule has 4 heteroatoms. The Morgan fingerprint density at radius 1 is 1.43 bits per heavy atom. The smallest absolute Gasteiger partial charge is 0.193 e. The Labute approximate surface area is 128 Å². The zero-order chi connectivity index (χ0) is 14.5. The Morgan fingerprint density at radius 2 is 2.38 bits per heavy atom. The summed E-state index contributed by atoms with van der Waals surface area (Å²) in [5, 5.41) is 3.56. The van der Waals surface area contributed by atoms with Gasteiger partial charge in [0, 0.05) is 38.7 Å². The molecule has 3 rings (SSSR count). The van der Waals surface area contributed by atoms with E-state index in [4.69, 9.17) is 4.74 Å². The highest BCUT2D eigenvalue weighted by atomic mass is 16.5. The van der Waals surface area contributed by atoms with Gasteiger partial charge in [0.2, 0.25) is 0 Å². The van der Waals surface area contributed by atoms with Crippen LogP contribution in [0.4, 0.5) is 0 Å². The van der Waals surface area contributed by atoms with Crippen molar-refractivity contribution >= 4 is 5.96 Å². The third-order valence-electron chi connectivity index (χ3n) is 5.25. The summed E-state index contributed by atoms with van der Waals surface area (Å²) >= 11 is 0. The number of allylic oxidation sites excluding steroid dienone is 1. The predicted molar refractivity (Wildman–Crippen MR) is 86.6 cm³/mol. The third kappa shape index (κ3) is 3.60. The van der Waals surface area contributed by atoms with E-state index in [0.29, 0.717) is 5.41 Å². The van der Waals surface area contributed by atoms with Crippen molar-refractivity contribution in [1.82, 2.24) is 10.2 Å². The molecule has 4 nitrogen and oxygen atoms in total. The van der Waals surface area contributed by atoms with Gasteiger partial charge < -0.3 is 15.0 Å². The van der Waals surface area contributed by atoms with Crippen LogP contribution in [0.2, 0.25) is 0 Å². The predicted octanol–water partition coefficient (Wildman–Crippen LogP) is 2.56. The van der Waals surface area contributed by atoms with E-state index in [9.17, 15) is 0 Å². The van der Waals surface area contributed by atoms with Crippen LogP contribution in [0.15, 0.2) is 16.6 Å². The Balaban J connectivity index is 1.46. The van der Waals surface area contributed by atoms with E-state index in [1.54, 1.807) is 5.57 Å². The largest absolute Gasteiger partial charge is 0.381 e. The van der Waals surface area contributed by atoms with Crippen LogP contribution >= 0.6 is 0 Å². The summed E-state index contributed by atoms with van der Waals surface area (Å²) < 4.78 is 5.61. The summed E-state index contributed by atoms with van der Waals surface area (Å²) in [5.41, 5.74) is 2.04. The lowest BCUT2D eigenvalue weighted by atomic mass is 9.87. The van der Waals surface area contributed by atoms with Gasteiger partial charge in [0.15, 0.2) is 5.96 Å². The molecule has 1 spiro atoms. The molecule has 1 N–H and O–H groups in total. The molecule has 0 aromatic heterocycles. The van der Waals surface area contributed by atoms with Gasteiger partial charge in [0.1, 0.15) is 0 Å². The molecule has 2 aliphatic heterocycles. The molecule has 21 heavy (non-hydrogen) atoms. The van der Waals surface area contributed by atoms with Crippen LogP contribution in [0.25, 0.3) is 0 Å². The number of likely N-dealkylation sites (tertiary alicyclic amines) is 1. The van der Waals surface area contributed by atoms with Gasteiger partial charge in [-0.05, 0) is 44.9 Å². The molecule has 0 saturated carbocycles. The van der Waals surface area contributed by atoms with Gasteiger partial charge in [0.25, 0.3) is 0 Å². The Hall–Kier alpha value is -1.03. The van der Waals surface area contributed by atoms with Crippen LogP contribution in [0, 0.1) is 5.41 Å². The van der Waals surface area contributed by atoms with E-state index in [1.165, 1.54) is 44.9 Å². The van der Waals surface area contributed by atoms with Crippen molar-refractivity contribution in [3.8, 4) is 0 Å². The highest BCUT2D eigenvalue weighted by Gasteiger charge is 2.42. The number of rotatable bonds is 3. The molecule has 1 aliphatic carbocycles. The Bertz CT molecular complexity index is 410. The summed E-state index contributed by atoms with van der Waals surface area (Å²) in [5.74, 6) is 1.08. The second kappa shape index (κ2) is 6.82. The number of guanidine groups is 1. The molecular formula is C17H29N3O. The van der Waals surface area contributed by atoms with E-state index in [2.05, 4.69) is 21.3 Å². The van der Waals surface area contributed by atoms with Gasteiger partial charge in [-0.25, -0.2) is 0 Å². The number of aliphatic imine (C=N–C) groups is 1. The number of hydrogen-bond donors (Lipinski definition) is 1. The first-order chi connectivity index (χ1) is 10.3. The second-order valence-corrected chi connectivity index (χ2v) is 6.81. The van der Waals surface area contributed by atoms with E-state index in [1.807, 2.05) is 7.05 Å². The molecule has 2 saturated heterocycles. The molecular weight excluding hydrogens is 262 g/mol. The minimum atomic E-state index is 0.406. The summed E-state index contributed by atoms with van der Waals surface area (Å²) in [6.45, 7) is 5.11. The molecule has 0 bridgehead atoms. The first-order valence-electron chi connectivity index (χ1n) is 8.53. The highest BCUT2D eigenvalue weighted by Crippen LogP contribution is 2.38. The maximum atomic E-state index is 5.61. The number of nitrogens with one attached hydrogen (secondary N) is 1. The quantitative estimate of drug-likeness (QED) is 0.493. The van der Waals surface area contributed by atoms with Gasteiger partial charge >= 0.3 is 0 Å². The minimum Gasteiger partial charge on any atom is -0.381 e. The van der Waals surface area contributed by atoms with E-state index >= 15 is 0 Å². The van der Waals surface area contributed by atoms with Crippen molar-refractivity contribution < 1.29 is 4.74 Å². The zero-order valence-corrected chi connectivity index (χ0v) is 13.4. The first kappa shape index (κ1) is 14.9. The maximum Gasteiger partial charge on any atom is 0.193 e. The summed E-state index contributed by atoms with van der Waals surface area (Å²) in [4.78, 5) is 6.90. The molecule has 0 radical (unpaired) electrons. The van der Waals surface area contributed by atoms with Crippen LogP contribution in [0.5, 0.6) is 0 Å². The summed E-state index contributed by atoms with van der Waals surface area (Å²) in [6, 6.07) is 0. The number of ether oxygens (including phenoxy) is 1. The van der Waals surface area contributed by atoms with Crippen molar-refractivity contribution in [3.05, 3.63) is 11.6 Å². The molecule has 0 aromatic rings. The molecule has 0 aromatic carbocycles. The van der Waals surface area contributed by atoms with Gasteiger partial charge in [-0.3, -0.25) is 4.99 Å². The van der Waals surface area contributed by atoms with E-state index in [0.717, 1.165) is 38.8 Å². The highest BCUT2D eigenvalue weighted by molar-refractivity contribution is 5.80. The van der Waals surface area contributed by atoms with Crippen molar-refractivity contribution in [2.75, 3.05) is 39.9 Å². The van der Waals surface area contributed by atoms with Crippen LogP contribution in [0.1, 0.15) is 44.9 Å². The lowest BCUT2D eigenvalue weighted by Gasteiger charge is -2.25. The van der Waals surface area contributed by atoms with Crippen molar-refractivity contribution in [2.24, 2.45) is 10.4 Å². The van der Waals surface area contributed by atoms with E-state index < -0.39 is 0 Å². The Morgan fingerprint density at radius 3 is 3.10 bits per heavy atom.